The van der Waals surface area contributed by atoms with E-state index in [-0.39, 0.29) is 22.9 Å². The van der Waals surface area contributed by atoms with Gasteiger partial charge >= 0.3 is 5.97 Å². The van der Waals surface area contributed by atoms with E-state index in [4.69, 9.17) is 5.11 Å². The number of aryl methyl sites for hydroxylation is 1. The van der Waals surface area contributed by atoms with Crippen LogP contribution in [0.3, 0.4) is 0 Å². The maximum Gasteiger partial charge on any atom is 0.308 e. The summed E-state index contributed by atoms with van der Waals surface area (Å²) in [5.74, 6) is -1.88. The number of aliphatic carboxylic acids is 1. The minimum Gasteiger partial charge on any atom is -0.481 e. The molecule has 27 heavy (non-hydrogen) atoms. The summed E-state index contributed by atoms with van der Waals surface area (Å²) in [6.45, 7) is 2.33. The number of nitrogens with zero attached hydrogens (tertiary/aromatic N) is 1. The van der Waals surface area contributed by atoms with Crippen molar-refractivity contribution in [3.8, 4) is 0 Å². The van der Waals surface area contributed by atoms with E-state index >= 15 is 0 Å². The molecule has 0 aliphatic carbocycles. The second-order valence-electron chi connectivity index (χ2n) is 6.58. The monoisotopic (exact) mass is 388 g/mol. The second kappa shape index (κ2) is 7.40. The van der Waals surface area contributed by atoms with Crippen molar-refractivity contribution in [1.29, 1.82) is 0 Å². The number of hydrogen-bond donors (Lipinski definition) is 2. The lowest BCUT2D eigenvalue weighted by atomic mass is 10.1. The van der Waals surface area contributed by atoms with Crippen LogP contribution in [0, 0.1) is 12.8 Å². The summed E-state index contributed by atoms with van der Waals surface area (Å²) in [6, 6.07) is 12.7. The molecule has 0 radical (unpaired) electrons. The zero-order valence-electron chi connectivity index (χ0n) is 14.8. The first-order chi connectivity index (χ1) is 12.8. The number of amides is 1. The maximum absolute atomic E-state index is 12.6. The average Bonchev–Trinajstić information content (AvgIpc) is 3.11. The van der Waals surface area contributed by atoms with Crippen molar-refractivity contribution >= 4 is 27.6 Å². The summed E-state index contributed by atoms with van der Waals surface area (Å²) in [7, 11) is -3.85. The van der Waals surface area contributed by atoms with Crippen LogP contribution in [0.1, 0.15) is 22.3 Å². The van der Waals surface area contributed by atoms with Gasteiger partial charge in [0.2, 0.25) is 0 Å². The summed E-state index contributed by atoms with van der Waals surface area (Å²) in [6.07, 6.45) is 0.397. The molecule has 1 heterocycles. The Labute approximate surface area is 157 Å². The van der Waals surface area contributed by atoms with Crippen LogP contribution in [0.25, 0.3) is 0 Å². The van der Waals surface area contributed by atoms with E-state index in [1.54, 1.807) is 18.2 Å². The number of carboxylic acid groups (broad SMARTS) is 1. The topological polar surface area (TPSA) is 104 Å². The number of likely N-dealkylation sites (tertiary alicyclic amines) is 1. The van der Waals surface area contributed by atoms with Gasteiger partial charge in [0.15, 0.2) is 0 Å². The van der Waals surface area contributed by atoms with Gasteiger partial charge in [-0.1, -0.05) is 18.2 Å². The van der Waals surface area contributed by atoms with E-state index in [1.165, 1.54) is 29.2 Å². The van der Waals surface area contributed by atoms with Crippen LogP contribution in [0.4, 0.5) is 5.69 Å². The first-order valence-corrected chi connectivity index (χ1v) is 9.96. The summed E-state index contributed by atoms with van der Waals surface area (Å²) < 4.78 is 27.8. The minimum absolute atomic E-state index is 0.0242. The lowest BCUT2D eigenvalue weighted by molar-refractivity contribution is -0.141. The lowest BCUT2D eigenvalue weighted by Gasteiger charge is -2.16. The van der Waals surface area contributed by atoms with Gasteiger partial charge < -0.3 is 10.0 Å². The van der Waals surface area contributed by atoms with Crippen LogP contribution in [-0.4, -0.2) is 43.4 Å². The van der Waals surface area contributed by atoms with E-state index in [2.05, 4.69) is 4.72 Å². The zero-order valence-corrected chi connectivity index (χ0v) is 15.6. The summed E-state index contributed by atoms with van der Waals surface area (Å²) in [5.41, 5.74) is 1.57. The molecule has 0 aromatic heterocycles. The molecule has 1 unspecified atom stereocenters. The standard InChI is InChI=1S/C19H20N2O5S/c1-13-4-2-6-16(10-13)20-27(25,26)17-7-3-5-14(11-17)18(22)21-9-8-15(12-21)19(23)24/h2-7,10-11,15,20H,8-9,12H2,1H3,(H,23,24). The molecule has 1 saturated heterocycles. The Balaban J connectivity index is 1.80. The Morgan fingerprint density at radius 2 is 1.89 bits per heavy atom. The van der Waals surface area contributed by atoms with Gasteiger partial charge in [-0.2, -0.15) is 0 Å². The molecule has 0 spiro atoms. The van der Waals surface area contributed by atoms with Gasteiger partial charge in [-0.3, -0.25) is 14.3 Å². The van der Waals surface area contributed by atoms with Crippen LogP contribution < -0.4 is 4.72 Å². The fourth-order valence-corrected chi connectivity index (χ4v) is 4.14. The van der Waals surface area contributed by atoms with Gasteiger partial charge in [-0.25, -0.2) is 8.42 Å². The highest BCUT2D eigenvalue weighted by atomic mass is 32.2. The summed E-state index contributed by atoms with van der Waals surface area (Å²) in [5, 5.41) is 9.07. The summed E-state index contributed by atoms with van der Waals surface area (Å²) >= 11 is 0. The number of anilines is 1. The number of benzene rings is 2. The van der Waals surface area contributed by atoms with E-state index in [9.17, 15) is 18.0 Å². The van der Waals surface area contributed by atoms with Crippen molar-refractivity contribution in [1.82, 2.24) is 4.90 Å². The maximum atomic E-state index is 12.6. The largest absolute Gasteiger partial charge is 0.481 e. The number of rotatable bonds is 5. The Morgan fingerprint density at radius 3 is 2.56 bits per heavy atom. The van der Waals surface area contributed by atoms with Crippen LogP contribution in [0.2, 0.25) is 0 Å². The van der Waals surface area contributed by atoms with E-state index < -0.39 is 21.9 Å². The number of carboxylic acids is 1. The smallest absolute Gasteiger partial charge is 0.308 e. The predicted molar refractivity (Wildman–Crippen MR) is 100 cm³/mol. The third-order valence-corrected chi connectivity index (χ3v) is 5.87. The van der Waals surface area contributed by atoms with Crippen molar-refractivity contribution in [3.63, 3.8) is 0 Å². The number of nitrogens with one attached hydrogen (secondary N) is 1. The molecule has 1 fully saturated rings. The first-order valence-electron chi connectivity index (χ1n) is 8.48. The molecule has 142 valence electrons. The molecule has 1 amide bonds. The molecule has 2 aromatic carbocycles. The fourth-order valence-electron chi connectivity index (χ4n) is 3.05. The number of carbonyl (C=O) groups excluding carboxylic acids is 1. The first kappa shape index (κ1) is 18.9. The molecule has 0 bridgehead atoms. The lowest BCUT2D eigenvalue weighted by Crippen LogP contribution is -2.30. The van der Waals surface area contributed by atoms with Crippen LogP contribution >= 0.6 is 0 Å². The molecule has 1 aliphatic heterocycles. The van der Waals surface area contributed by atoms with Crippen molar-refractivity contribution in [2.75, 3.05) is 17.8 Å². The normalized spacial score (nSPS) is 16.9. The van der Waals surface area contributed by atoms with Gasteiger partial charge in [-0.05, 0) is 49.2 Å². The Kier molecular flexibility index (Phi) is 5.18. The fraction of sp³-hybridized carbons (Fsp3) is 0.263. The Hall–Kier alpha value is -2.87. The van der Waals surface area contributed by atoms with Gasteiger partial charge in [-0.15, -0.1) is 0 Å². The molecular weight excluding hydrogens is 368 g/mol. The molecule has 7 nitrogen and oxygen atoms in total. The van der Waals surface area contributed by atoms with Gasteiger partial charge in [0.05, 0.1) is 10.8 Å². The molecule has 1 aliphatic rings. The second-order valence-corrected chi connectivity index (χ2v) is 8.26. The molecule has 1 atom stereocenters. The average molecular weight is 388 g/mol. The van der Waals surface area contributed by atoms with Gasteiger partial charge in [0.25, 0.3) is 15.9 Å². The molecule has 0 saturated carbocycles. The Bertz CT molecular complexity index is 987. The minimum atomic E-state index is -3.85. The van der Waals surface area contributed by atoms with Crippen molar-refractivity contribution in [2.45, 2.75) is 18.2 Å². The highest BCUT2D eigenvalue weighted by Gasteiger charge is 2.31. The van der Waals surface area contributed by atoms with Crippen molar-refractivity contribution in [2.24, 2.45) is 5.92 Å². The molecular formula is C19H20N2O5S. The quantitative estimate of drug-likeness (QED) is 0.818. The van der Waals surface area contributed by atoms with Crippen molar-refractivity contribution in [3.05, 3.63) is 59.7 Å². The zero-order chi connectivity index (χ0) is 19.6. The van der Waals surface area contributed by atoms with E-state index in [1.807, 2.05) is 13.0 Å². The van der Waals surface area contributed by atoms with Gasteiger partial charge in [0, 0.05) is 24.3 Å². The summed E-state index contributed by atoms with van der Waals surface area (Å²) in [4.78, 5) is 25.1. The highest BCUT2D eigenvalue weighted by molar-refractivity contribution is 7.92. The third-order valence-electron chi connectivity index (χ3n) is 4.49. The SMILES string of the molecule is Cc1cccc(NS(=O)(=O)c2cccc(C(=O)N3CCC(C(=O)O)C3)c2)c1. The molecule has 8 heteroatoms. The molecule has 2 aromatic rings. The Morgan fingerprint density at radius 1 is 1.15 bits per heavy atom. The number of sulfonamides is 1. The van der Waals surface area contributed by atoms with Crippen LogP contribution in [0.15, 0.2) is 53.4 Å². The molecule has 2 N–H and O–H groups in total. The van der Waals surface area contributed by atoms with Crippen LogP contribution in [0.5, 0.6) is 0 Å². The molecule has 3 rings (SSSR count). The van der Waals surface area contributed by atoms with Gasteiger partial charge in [0.1, 0.15) is 0 Å². The van der Waals surface area contributed by atoms with Crippen LogP contribution in [-0.2, 0) is 14.8 Å². The van der Waals surface area contributed by atoms with Crippen molar-refractivity contribution < 1.29 is 23.1 Å². The highest BCUT2D eigenvalue weighted by Crippen LogP contribution is 2.22. The third kappa shape index (κ3) is 4.28. The van der Waals surface area contributed by atoms with E-state index in [0.29, 0.717) is 18.7 Å². The predicted octanol–water partition coefficient (Wildman–Crippen LogP) is 2.34. The number of carbonyl (C=O) groups is 2. The number of hydrogen-bond acceptors (Lipinski definition) is 4. The van der Waals surface area contributed by atoms with E-state index in [0.717, 1.165) is 5.56 Å².